The quantitative estimate of drug-likeness (QED) is 0.704. The number of halogens is 2. The maximum Gasteiger partial charge on any atom is 0.217 e. The summed E-state index contributed by atoms with van der Waals surface area (Å²) in [7, 11) is 1.83. The van der Waals surface area contributed by atoms with Crippen LogP contribution in [0.1, 0.15) is 5.56 Å². The molecule has 4 nitrogen and oxygen atoms in total. The summed E-state index contributed by atoms with van der Waals surface area (Å²) >= 11 is 6.82. The van der Waals surface area contributed by atoms with Crippen LogP contribution in [-0.2, 0) is 13.2 Å². The molecule has 0 aliphatic heterocycles. The number of hydrogen-bond donors (Lipinski definition) is 1. The van der Waals surface area contributed by atoms with E-state index >= 15 is 0 Å². The van der Waals surface area contributed by atoms with Gasteiger partial charge >= 0.3 is 0 Å². The van der Waals surface area contributed by atoms with Crippen molar-refractivity contribution in [3.05, 3.63) is 57.7 Å². The lowest BCUT2D eigenvalue weighted by Crippen LogP contribution is -2.23. The molecule has 0 atom stereocenters. The van der Waals surface area contributed by atoms with Crippen molar-refractivity contribution in [3.8, 4) is 10.7 Å². The maximum absolute atomic E-state index is 13.7. The fraction of sp³-hybridized carbons (Fsp3) is 0.200. The molecule has 0 radical (unpaired) electrons. The second kappa shape index (κ2) is 6.69. The van der Waals surface area contributed by atoms with E-state index in [0.29, 0.717) is 29.4 Å². The molecule has 8 heteroatoms. The molecule has 23 heavy (non-hydrogen) atoms. The van der Waals surface area contributed by atoms with Crippen LogP contribution in [-0.4, -0.2) is 26.7 Å². The Morgan fingerprint density at radius 3 is 2.87 bits per heavy atom. The molecule has 0 saturated heterocycles. The highest BCUT2D eigenvalue weighted by Crippen LogP contribution is 2.20. The Kier molecular flexibility index (Phi) is 4.65. The highest BCUT2D eigenvalue weighted by molar-refractivity contribution is 7.71. The second-order valence-electron chi connectivity index (χ2n) is 5.15. The summed E-state index contributed by atoms with van der Waals surface area (Å²) in [5.74, 6) is -0.416. The molecule has 0 unspecified atom stereocenters. The van der Waals surface area contributed by atoms with Gasteiger partial charge in [-0.3, -0.25) is 10.00 Å². The van der Waals surface area contributed by atoms with Crippen LogP contribution in [0.15, 0.2) is 35.7 Å². The lowest BCUT2D eigenvalue weighted by molar-refractivity contribution is 0.241. The summed E-state index contributed by atoms with van der Waals surface area (Å²) in [6.45, 7) is 0.759. The number of nitrogens with one attached hydrogen (secondary N) is 1. The van der Waals surface area contributed by atoms with Crippen molar-refractivity contribution in [1.82, 2.24) is 19.7 Å². The van der Waals surface area contributed by atoms with Gasteiger partial charge in [-0.15, -0.1) is 11.3 Å². The monoisotopic (exact) mass is 352 g/mol. The van der Waals surface area contributed by atoms with Crippen LogP contribution in [0.5, 0.6) is 0 Å². The Bertz CT molecular complexity index is 855. The summed E-state index contributed by atoms with van der Waals surface area (Å²) < 4.78 is 28.8. The van der Waals surface area contributed by atoms with Crippen LogP contribution >= 0.6 is 23.6 Å². The van der Waals surface area contributed by atoms with Gasteiger partial charge in [-0.1, -0.05) is 12.1 Å². The Labute approximate surface area is 141 Å². The number of hydrogen-bond acceptors (Lipinski definition) is 4. The zero-order chi connectivity index (χ0) is 16.4. The van der Waals surface area contributed by atoms with Crippen LogP contribution in [0.4, 0.5) is 8.78 Å². The number of aromatic nitrogens is 3. The zero-order valence-corrected chi connectivity index (χ0v) is 13.9. The highest BCUT2D eigenvalue weighted by Gasteiger charge is 2.10. The first-order chi connectivity index (χ1) is 11.0. The molecular formula is C15H14F2N4S2. The van der Waals surface area contributed by atoms with Gasteiger partial charge in [-0.2, -0.15) is 4.98 Å². The van der Waals surface area contributed by atoms with Gasteiger partial charge in [-0.25, -0.2) is 13.5 Å². The molecule has 0 fully saturated rings. The van der Waals surface area contributed by atoms with Crippen molar-refractivity contribution < 1.29 is 8.78 Å². The molecule has 120 valence electrons. The number of H-pyrrole nitrogens is 1. The second-order valence-corrected chi connectivity index (χ2v) is 6.46. The van der Waals surface area contributed by atoms with Crippen LogP contribution in [0.2, 0.25) is 0 Å². The van der Waals surface area contributed by atoms with E-state index in [-0.39, 0.29) is 0 Å². The van der Waals surface area contributed by atoms with Gasteiger partial charge in [0.2, 0.25) is 4.77 Å². The van der Waals surface area contributed by atoms with Crippen molar-refractivity contribution >= 4 is 23.6 Å². The van der Waals surface area contributed by atoms with Crippen molar-refractivity contribution in [2.45, 2.75) is 13.2 Å². The fourth-order valence-electron chi connectivity index (χ4n) is 2.21. The van der Waals surface area contributed by atoms with E-state index in [4.69, 9.17) is 12.2 Å². The van der Waals surface area contributed by atoms with Gasteiger partial charge in [0, 0.05) is 18.2 Å². The van der Waals surface area contributed by atoms with Crippen LogP contribution < -0.4 is 0 Å². The van der Waals surface area contributed by atoms with Crippen molar-refractivity contribution in [2.24, 2.45) is 0 Å². The number of nitrogens with zero attached hydrogens (tertiary/aromatic N) is 3. The zero-order valence-electron chi connectivity index (χ0n) is 12.3. The van der Waals surface area contributed by atoms with E-state index in [1.807, 2.05) is 29.5 Å². The average Bonchev–Trinajstić information content (AvgIpc) is 3.13. The normalized spacial score (nSPS) is 11.3. The minimum atomic E-state index is -0.578. The van der Waals surface area contributed by atoms with Crippen molar-refractivity contribution in [3.63, 3.8) is 0 Å². The third kappa shape index (κ3) is 3.72. The van der Waals surface area contributed by atoms with Gasteiger partial charge in [0.25, 0.3) is 0 Å². The fourth-order valence-corrected chi connectivity index (χ4v) is 3.07. The Morgan fingerprint density at radius 1 is 1.35 bits per heavy atom. The van der Waals surface area contributed by atoms with E-state index in [1.165, 1.54) is 12.1 Å². The Hall–Kier alpha value is -1.90. The lowest BCUT2D eigenvalue weighted by atomic mass is 10.2. The number of aromatic amines is 1. The van der Waals surface area contributed by atoms with E-state index in [9.17, 15) is 8.78 Å². The maximum atomic E-state index is 13.7. The smallest absolute Gasteiger partial charge is 0.217 e. The molecular weight excluding hydrogens is 338 g/mol. The first-order valence-corrected chi connectivity index (χ1v) is 8.15. The first-order valence-electron chi connectivity index (χ1n) is 6.86. The largest absolute Gasteiger partial charge is 0.283 e. The average molecular weight is 352 g/mol. The summed E-state index contributed by atoms with van der Waals surface area (Å²) in [6, 6.07) is 7.49. The Morgan fingerprint density at radius 2 is 2.17 bits per heavy atom. The van der Waals surface area contributed by atoms with Gasteiger partial charge in [0.05, 0.1) is 11.5 Å². The molecule has 3 aromatic rings. The first kappa shape index (κ1) is 16.0. The third-order valence-electron chi connectivity index (χ3n) is 3.27. The number of benzene rings is 1. The summed E-state index contributed by atoms with van der Waals surface area (Å²) in [4.78, 5) is 7.19. The molecule has 3 rings (SSSR count). The van der Waals surface area contributed by atoms with E-state index in [2.05, 4.69) is 10.1 Å². The summed E-state index contributed by atoms with van der Waals surface area (Å²) in [5, 5.41) is 5.11. The van der Waals surface area contributed by atoms with Crippen LogP contribution in [0.3, 0.4) is 0 Å². The van der Waals surface area contributed by atoms with Gasteiger partial charge in [-0.05, 0) is 36.8 Å². The standard InChI is InChI=1S/C15H14F2N4S2/c1-20(8-10-4-5-11(16)7-12(10)17)9-21-15(22)18-14(19-21)13-3-2-6-23-13/h2-7H,8-9H2,1H3,(H,18,19,22). The van der Waals surface area contributed by atoms with Gasteiger partial charge in [0.1, 0.15) is 11.6 Å². The van der Waals surface area contributed by atoms with Gasteiger partial charge in [0.15, 0.2) is 5.82 Å². The lowest BCUT2D eigenvalue weighted by Gasteiger charge is -2.17. The van der Waals surface area contributed by atoms with Crippen molar-refractivity contribution in [1.29, 1.82) is 0 Å². The predicted octanol–water partition coefficient (Wildman–Crippen LogP) is 4.04. The molecule has 1 N–H and O–H groups in total. The highest BCUT2D eigenvalue weighted by atomic mass is 32.1. The van der Waals surface area contributed by atoms with Crippen LogP contribution in [0, 0.1) is 16.4 Å². The molecule has 2 aromatic heterocycles. The molecule has 0 spiro atoms. The molecule has 1 aromatic carbocycles. The molecule has 0 bridgehead atoms. The van der Waals surface area contributed by atoms with Gasteiger partial charge < -0.3 is 0 Å². The minimum Gasteiger partial charge on any atom is -0.283 e. The number of rotatable bonds is 5. The molecule has 0 aliphatic carbocycles. The number of thiophene rings is 1. The predicted molar refractivity (Wildman–Crippen MR) is 88.5 cm³/mol. The van der Waals surface area contributed by atoms with E-state index in [0.717, 1.165) is 10.9 Å². The Balaban J connectivity index is 1.73. The summed E-state index contributed by atoms with van der Waals surface area (Å²) in [6.07, 6.45) is 0. The molecule has 0 amide bonds. The topological polar surface area (TPSA) is 36.9 Å². The van der Waals surface area contributed by atoms with Crippen molar-refractivity contribution in [2.75, 3.05) is 7.05 Å². The SMILES string of the molecule is CN(Cc1ccc(F)cc1F)Cn1[nH]c(-c2cccs2)nc1=S. The third-order valence-corrected chi connectivity index (χ3v) is 4.46. The molecule has 0 aliphatic rings. The molecule has 2 heterocycles. The minimum absolute atomic E-state index is 0.335. The van der Waals surface area contributed by atoms with E-state index in [1.54, 1.807) is 16.0 Å². The molecule has 0 saturated carbocycles. The summed E-state index contributed by atoms with van der Waals surface area (Å²) in [5.41, 5.74) is 0.429. The van der Waals surface area contributed by atoms with Crippen LogP contribution in [0.25, 0.3) is 10.7 Å². The van der Waals surface area contributed by atoms with E-state index < -0.39 is 11.6 Å².